The fourth-order valence-electron chi connectivity index (χ4n) is 2.31. The van der Waals surface area contributed by atoms with Crippen molar-refractivity contribution in [3.63, 3.8) is 0 Å². The van der Waals surface area contributed by atoms with Crippen molar-refractivity contribution in [1.29, 1.82) is 0 Å². The maximum Gasteiger partial charge on any atom is 0.143 e. The second kappa shape index (κ2) is 6.03. The van der Waals surface area contributed by atoms with E-state index in [9.17, 15) is 0 Å². The number of benzene rings is 1. The predicted octanol–water partition coefficient (Wildman–Crippen LogP) is 5.92. The fourth-order valence-corrected chi connectivity index (χ4v) is 3.88. The number of halogens is 2. The SMILES string of the molecule is CCc1nc(Nc2cc(Cl)cc(Cl)c2)c2c(C)c(C)sc2n1. The highest BCUT2D eigenvalue weighted by atomic mass is 35.5. The molecule has 6 heteroatoms. The largest absolute Gasteiger partial charge is 0.339 e. The molecule has 3 aromatic rings. The van der Waals surface area contributed by atoms with Gasteiger partial charge in [0.2, 0.25) is 0 Å². The molecule has 0 fully saturated rings. The number of aromatic nitrogens is 2. The van der Waals surface area contributed by atoms with Crippen LogP contribution >= 0.6 is 34.5 Å². The number of thiophene rings is 1. The van der Waals surface area contributed by atoms with Crippen molar-refractivity contribution in [2.45, 2.75) is 27.2 Å². The normalized spacial score (nSPS) is 11.1. The number of nitrogens with zero attached hydrogens (tertiary/aromatic N) is 2. The molecule has 0 amide bonds. The third-order valence-corrected chi connectivity index (χ3v) is 5.05. The first-order valence-electron chi connectivity index (χ1n) is 6.97. The van der Waals surface area contributed by atoms with Crippen molar-refractivity contribution in [3.8, 4) is 0 Å². The summed E-state index contributed by atoms with van der Waals surface area (Å²) in [5.74, 6) is 1.63. The monoisotopic (exact) mass is 351 g/mol. The molecule has 0 radical (unpaired) electrons. The van der Waals surface area contributed by atoms with Gasteiger partial charge in [-0.2, -0.15) is 0 Å². The van der Waals surface area contributed by atoms with Gasteiger partial charge in [0.15, 0.2) is 0 Å². The van der Waals surface area contributed by atoms with E-state index in [0.29, 0.717) is 10.0 Å². The van der Waals surface area contributed by atoms with E-state index in [1.165, 1.54) is 10.4 Å². The van der Waals surface area contributed by atoms with Crippen molar-refractivity contribution in [1.82, 2.24) is 9.97 Å². The van der Waals surface area contributed by atoms with Crippen molar-refractivity contribution >= 4 is 56.3 Å². The molecule has 0 aliphatic carbocycles. The molecule has 3 rings (SSSR count). The summed E-state index contributed by atoms with van der Waals surface area (Å²) < 4.78 is 0. The minimum Gasteiger partial charge on any atom is -0.339 e. The first-order valence-corrected chi connectivity index (χ1v) is 8.55. The van der Waals surface area contributed by atoms with Crippen LogP contribution in [0.25, 0.3) is 10.2 Å². The Balaban J connectivity index is 2.16. The van der Waals surface area contributed by atoms with Gasteiger partial charge in [0.1, 0.15) is 16.5 Å². The zero-order chi connectivity index (χ0) is 15.9. The highest BCUT2D eigenvalue weighted by molar-refractivity contribution is 7.18. The molecule has 114 valence electrons. The van der Waals surface area contributed by atoms with E-state index in [4.69, 9.17) is 23.2 Å². The lowest BCUT2D eigenvalue weighted by molar-refractivity contribution is 0.967. The lowest BCUT2D eigenvalue weighted by Crippen LogP contribution is -2.00. The molecule has 0 saturated carbocycles. The van der Waals surface area contributed by atoms with Crippen molar-refractivity contribution in [2.75, 3.05) is 5.32 Å². The van der Waals surface area contributed by atoms with Gasteiger partial charge in [-0.3, -0.25) is 0 Å². The van der Waals surface area contributed by atoms with Gasteiger partial charge in [-0.1, -0.05) is 30.1 Å². The van der Waals surface area contributed by atoms with Crippen LogP contribution in [-0.2, 0) is 6.42 Å². The first-order chi connectivity index (χ1) is 10.5. The molecule has 0 atom stereocenters. The molecule has 0 aliphatic heterocycles. The van der Waals surface area contributed by atoms with E-state index in [0.717, 1.165) is 34.0 Å². The van der Waals surface area contributed by atoms with Crippen LogP contribution in [0.4, 0.5) is 11.5 Å². The number of hydrogen-bond donors (Lipinski definition) is 1. The predicted molar refractivity (Wildman–Crippen MR) is 96.0 cm³/mol. The number of anilines is 2. The molecule has 3 nitrogen and oxygen atoms in total. The van der Waals surface area contributed by atoms with Gasteiger partial charge in [0.05, 0.1) is 5.39 Å². The highest BCUT2D eigenvalue weighted by Crippen LogP contribution is 2.35. The Morgan fingerprint density at radius 3 is 2.41 bits per heavy atom. The number of nitrogens with one attached hydrogen (secondary N) is 1. The van der Waals surface area contributed by atoms with Crippen LogP contribution in [0, 0.1) is 13.8 Å². The molecular formula is C16H15Cl2N3S. The Labute approximate surface area is 143 Å². The van der Waals surface area contributed by atoms with Crippen molar-refractivity contribution < 1.29 is 0 Å². The third kappa shape index (κ3) is 2.91. The first kappa shape index (κ1) is 15.5. The van der Waals surface area contributed by atoms with Gasteiger partial charge < -0.3 is 5.32 Å². The zero-order valence-corrected chi connectivity index (χ0v) is 14.8. The second-order valence-corrected chi connectivity index (χ2v) is 7.16. The van der Waals surface area contributed by atoms with E-state index < -0.39 is 0 Å². The van der Waals surface area contributed by atoms with Gasteiger partial charge in [-0.05, 0) is 37.6 Å². The van der Waals surface area contributed by atoms with Gasteiger partial charge in [-0.25, -0.2) is 9.97 Å². The molecule has 2 heterocycles. The molecule has 0 bridgehead atoms. The molecule has 22 heavy (non-hydrogen) atoms. The van der Waals surface area contributed by atoms with Crippen LogP contribution < -0.4 is 5.32 Å². The van der Waals surface area contributed by atoms with Crippen LogP contribution in [0.3, 0.4) is 0 Å². The van der Waals surface area contributed by atoms with E-state index in [1.54, 1.807) is 17.4 Å². The summed E-state index contributed by atoms with van der Waals surface area (Å²) in [6, 6.07) is 5.38. The fraction of sp³-hybridized carbons (Fsp3) is 0.250. The Bertz CT molecular complexity index is 838. The summed E-state index contributed by atoms with van der Waals surface area (Å²) in [5.41, 5.74) is 2.03. The van der Waals surface area contributed by atoms with Crippen LogP contribution in [0.5, 0.6) is 0 Å². The van der Waals surface area contributed by atoms with Crippen LogP contribution in [0.2, 0.25) is 10.0 Å². The van der Waals surface area contributed by atoms with E-state index in [-0.39, 0.29) is 0 Å². The molecule has 0 unspecified atom stereocenters. The number of hydrogen-bond acceptors (Lipinski definition) is 4. The summed E-state index contributed by atoms with van der Waals surface area (Å²) in [4.78, 5) is 11.5. The second-order valence-electron chi connectivity index (χ2n) is 5.09. The van der Waals surface area contributed by atoms with Gasteiger partial charge in [-0.15, -0.1) is 11.3 Å². The van der Waals surface area contributed by atoms with E-state index >= 15 is 0 Å². The third-order valence-electron chi connectivity index (χ3n) is 3.52. The lowest BCUT2D eigenvalue weighted by Gasteiger charge is -2.10. The van der Waals surface area contributed by atoms with Crippen LogP contribution in [0.1, 0.15) is 23.2 Å². The number of fused-ring (bicyclic) bond motifs is 1. The molecular weight excluding hydrogens is 337 g/mol. The summed E-state index contributed by atoms with van der Waals surface area (Å²) in [6.07, 6.45) is 0.789. The molecule has 0 aliphatic rings. The van der Waals surface area contributed by atoms with Crippen molar-refractivity contribution in [3.05, 3.63) is 44.5 Å². The average molecular weight is 352 g/mol. The smallest absolute Gasteiger partial charge is 0.143 e. The Hall–Kier alpha value is -1.36. The van der Waals surface area contributed by atoms with Crippen LogP contribution in [0.15, 0.2) is 18.2 Å². The standard InChI is InChI=1S/C16H15Cl2N3S/c1-4-13-20-15(14-8(2)9(3)22-16(14)21-13)19-12-6-10(17)5-11(18)7-12/h5-7H,4H2,1-3H3,(H,19,20,21). The summed E-state index contributed by atoms with van der Waals surface area (Å²) >= 11 is 13.8. The highest BCUT2D eigenvalue weighted by Gasteiger charge is 2.14. The Kier molecular flexibility index (Phi) is 4.26. The van der Waals surface area contributed by atoms with Gasteiger partial charge >= 0.3 is 0 Å². The number of aryl methyl sites for hydroxylation is 3. The molecule has 0 spiro atoms. The summed E-state index contributed by atoms with van der Waals surface area (Å²) in [6.45, 7) is 6.25. The topological polar surface area (TPSA) is 37.8 Å². The summed E-state index contributed by atoms with van der Waals surface area (Å²) in [5, 5.41) is 5.59. The van der Waals surface area contributed by atoms with Crippen molar-refractivity contribution in [2.24, 2.45) is 0 Å². The van der Waals surface area contributed by atoms with Crippen LogP contribution in [-0.4, -0.2) is 9.97 Å². The Morgan fingerprint density at radius 2 is 1.77 bits per heavy atom. The average Bonchev–Trinajstić information content (AvgIpc) is 2.73. The van der Waals surface area contributed by atoms with E-state index in [2.05, 4.69) is 36.1 Å². The molecule has 0 saturated heterocycles. The zero-order valence-electron chi connectivity index (χ0n) is 12.5. The van der Waals surface area contributed by atoms with Gasteiger partial charge in [0, 0.05) is 27.0 Å². The van der Waals surface area contributed by atoms with E-state index in [1.807, 2.05) is 12.1 Å². The minimum absolute atomic E-state index is 0.592. The molecule has 1 aromatic carbocycles. The minimum atomic E-state index is 0.592. The maximum absolute atomic E-state index is 6.07. The lowest BCUT2D eigenvalue weighted by atomic mass is 10.2. The summed E-state index contributed by atoms with van der Waals surface area (Å²) in [7, 11) is 0. The quantitative estimate of drug-likeness (QED) is 0.636. The van der Waals surface area contributed by atoms with Gasteiger partial charge in [0.25, 0.3) is 0 Å². The molecule has 1 N–H and O–H groups in total. The maximum atomic E-state index is 6.07. The number of rotatable bonds is 3. The molecule has 2 aromatic heterocycles. The Morgan fingerprint density at radius 1 is 1.09 bits per heavy atom.